The van der Waals surface area contributed by atoms with E-state index in [1.54, 1.807) is 0 Å². The smallest absolute Gasteiger partial charge is 0.731 e. The zero-order valence-corrected chi connectivity index (χ0v) is 10.7. The molecule has 0 aliphatic carbocycles. The summed E-state index contributed by atoms with van der Waals surface area (Å²) in [6.07, 6.45) is -4.70. The molecule has 0 radical (unpaired) electrons. The molecule has 6 nitrogen and oxygen atoms in total. The minimum absolute atomic E-state index is 0. The molecule has 0 saturated carbocycles. The maximum absolute atomic E-state index is 11.9. The number of rotatable bonds is 2. The Morgan fingerprint density at radius 3 is 2.20 bits per heavy atom. The number of nitrogens with zero attached hydrogens (tertiary/aromatic N) is 2. The number of alkyl halides is 3. The topological polar surface area (TPSA) is 95.0 Å². The SMILES string of the molecule is O=S(=O)([O-])Nc1nnc(C(F)(F)F)s1.[Na+]. The van der Waals surface area contributed by atoms with E-state index in [0.29, 0.717) is 0 Å². The number of hydrogen-bond donors (Lipinski definition) is 1. The molecule has 1 N–H and O–H groups in total. The zero-order chi connectivity index (χ0) is 11.0. The van der Waals surface area contributed by atoms with Gasteiger partial charge in [0.25, 0.3) is 0 Å². The van der Waals surface area contributed by atoms with Crippen molar-refractivity contribution in [3.05, 3.63) is 5.01 Å². The van der Waals surface area contributed by atoms with Gasteiger partial charge in [-0.3, -0.25) is 4.72 Å². The molecule has 0 aliphatic rings. The molecule has 12 heteroatoms. The van der Waals surface area contributed by atoms with Crippen molar-refractivity contribution in [1.82, 2.24) is 10.2 Å². The summed E-state index contributed by atoms with van der Waals surface area (Å²) in [5, 5.41) is 3.43. The summed E-state index contributed by atoms with van der Waals surface area (Å²) in [6, 6.07) is 0. The van der Waals surface area contributed by atoms with Gasteiger partial charge in [0.15, 0.2) is 10.3 Å². The summed E-state index contributed by atoms with van der Waals surface area (Å²) in [5.74, 6) is 0. The first-order valence-electron chi connectivity index (χ1n) is 2.83. The fraction of sp³-hybridized carbons (Fsp3) is 0.333. The van der Waals surface area contributed by atoms with E-state index in [4.69, 9.17) is 0 Å². The third-order valence-corrected chi connectivity index (χ3v) is 2.34. The molecule has 1 rings (SSSR count). The Morgan fingerprint density at radius 2 is 1.87 bits per heavy atom. The first-order valence-corrected chi connectivity index (χ1v) is 5.05. The van der Waals surface area contributed by atoms with E-state index in [1.165, 1.54) is 4.72 Å². The third kappa shape index (κ3) is 5.08. The van der Waals surface area contributed by atoms with Gasteiger partial charge in [-0.05, 0) is 0 Å². The number of hydrogen-bond acceptors (Lipinski definition) is 6. The predicted molar refractivity (Wildman–Crippen MR) is 38.2 cm³/mol. The molecular formula is C3HF3N3NaO3S2. The average molecular weight is 271 g/mol. The third-order valence-electron chi connectivity index (χ3n) is 0.880. The Morgan fingerprint density at radius 1 is 1.33 bits per heavy atom. The molecule has 1 aromatic heterocycles. The van der Waals surface area contributed by atoms with Crippen LogP contribution in [0.25, 0.3) is 0 Å². The Kier molecular flexibility index (Phi) is 4.95. The molecule has 0 aliphatic heterocycles. The van der Waals surface area contributed by atoms with Crippen molar-refractivity contribution >= 4 is 26.8 Å². The van der Waals surface area contributed by atoms with Crippen LogP contribution in [0.5, 0.6) is 0 Å². The molecule has 0 amide bonds. The Bertz CT molecular complexity index is 429. The zero-order valence-electron chi connectivity index (χ0n) is 7.07. The molecule has 0 spiro atoms. The predicted octanol–water partition coefficient (Wildman–Crippen LogP) is -2.57. The van der Waals surface area contributed by atoms with E-state index in [2.05, 4.69) is 10.2 Å². The fourth-order valence-corrected chi connectivity index (χ4v) is 1.68. The van der Waals surface area contributed by atoms with Gasteiger partial charge >= 0.3 is 35.7 Å². The number of aromatic nitrogens is 2. The first-order chi connectivity index (χ1) is 6.18. The maximum Gasteiger partial charge on any atom is 1.00 e. The van der Waals surface area contributed by atoms with Crippen LogP contribution >= 0.6 is 11.3 Å². The van der Waals surface area contributed by atoms with Crippen molar-refractivity contribution in [2.75, 3.05) is 4.72 Å². The summed E-state index contributed by atoms with van der Waals surface area (Å²) >= 11 is -0.0708. The first kappa shape index (κ1) is 15.1. The number of nitrogens with one attached hydrogen (secondary N) is 1. The van der Waals surface area contributed by atoms with Crippen molar-refractivity contribution in [2.24, 2.45) is 0 Å². The van der Waals surface area contributed by atoms with Gasteiger partial charge in [-0.15, -0.1) is 10.2 Å². The second-order valence-corrected chi connectivity index (χ2v) is 4.06. The van der Waals surface area contributed by atoms with Crippen LogP contribution < -0.4 is 34.3 Å². The largest absolute Gasteiger partial charge is 1.00 e. The second-order valence-electron chi connectivity index (χ2n) is 1.97. The summed E-state index contributed by atoms with van der Waals surface area (Å²) in [6.45, 7) is 0. The van der Waals surface area contributed by atoms with Crippen molar-refractivity contribution in [3.8, 4) is 0 Å². The maximum atomic E-state index is 11.9. The quantitative estimate of drug-likeness (QED) is 0.471. The second kappa shape index (κ2) is 4.93. The minimum Gasteiger partial charge on any atom is -0.731 e. The van der Waals surface area contributed by atoms with Crippen LogP contribution in [-0.2, 0) is 16.5 Å². The minimum atomic E-state index is -4.87. The average Bonchev–Trinajstić information content (AvgIpc) is 2.29. The molecule has 0 atom stereocenters. The van der Waals surface area contributed by atoms with Crippen molar-refractivity contribution in [1.29, 1.82) is 0 Å². The molecule has 0 unspecified atom stereocenters. The molecule has 1 aromatic rings. The van der Waals surface area contributed by atoms with Crippen LogP contribution in [-0.4, -0.2) is 23.2 Å². The van der Waals surface area contributed by atoms with Crippen LogP contribution in [0.1, 0.15) is 5.01 Å². The van der Waals surface area contributed by atoms with Gasteiger partial charge in [0.05, 0.1) is 0 Å². The molecule has 0 bridgehead atoms. The molecule has 80 valence electrons. The number of halogens is 3. The van der Waals surface area contributed by atoms with Gasteiger partial charge in [-0.2, -0.15) is 13.2 Å². The van der Waals surface area contributed by atoms with Crippen molar-refractivity contribution in [2.45, 2.75) is 6.18 Å². The van der Waals surface area contributed by atoms with E-state index < -0.39 is 26.6 Å². The van der Waals surface area contributed by atoms with Gasteiger partial charge in [-0.25, -0.2) is 8.42 Å². The van der Waals surface area contributed by atoms with E-state index in [9.17, 15) is 26.1 Å². The Hall–Kier alpha value is 0.0600. The van der Waals surface area contributed by atoms with Crippen LogP contribution in [0, 0.1) is 0 Å². The van der Waals surface area contributed by atoms with Crippen LogP contribution in [0.2, 0.25) is 0 Å². The molecule has 1 heterocycles. The molecule has 0 aromatic carbocycles. The fourth-order valence-electron chi connectivity index (χ4n) is 0.486. The summed E-state index contributed by atoms with van der Waals surface area (Å²) in [7, 11) is -4.87. The van der Waals surface area contributed by atoms with Crippen LogP contribution in [0.3, 0.4) is 0 Å². The Labute approximate surface area is 108 Å². The van der Waals surface area contributed by atoms with Gasteiger partial charge in [0.2, 0.25) is 10.1 Å². The summed E-state index contributed by atoms with van der Waals surface area (Å²) < 4.78 is 67.0. The van der Waals surface area contributed by atoms with E-state index in [0.717, 1.165) is 0 Å². The van der Waals surface area contributed by atoms with Crippen molar-refractivity contribution in [3.63, 3.8) is 0 Å². The Balaban J connectivity index is 0.00000196. The normalized spacial score (nSPS) is 12.0. The summed E-state index contributed by atoms with van der Waals surface area (Å²) in [4.78, 5) is 0. The van der Waals surface area contributed by atoms with Crippen LogP contribution in [0.15, 0.2) is 0 Å². The van der Waals surface area contributed by atoms with Gasteiger partial charge in [-0.1, -0.05) is 11.3 Å². The van der Waals surface area contributed by atoms with Crippen LogP contribution in [0.4, 0.5) is 18.3 Å². The molecule has 15 heavy (non-hydrogen) atoms. The van der Waals surface area contributed by atoms with E-state index in [-0.39, 0.29) is 40.9 Å². The molecule has 0 saturated heterocycles. The number of anilines is 1. The van der Waals surface area contributed by atoms with E-state index >= 15 is 0 Å². The van der Waals surface area contributed by atoms with Crippen molar-refractivity contribution < 1.29 is 55.7 Å². The summed E-state index contributed by atoms with van der Waals surface area (Å²) in [5.41, 5.74) is 0. The molecular weight excluding hydrogens is 270 g/mol. The van der Waals surface area contributed by atoms with Gasteiger partial charge < -0.3 is 4.55 Å². The van der Waals surface area contributed by atoms with E-state index in [1.807, 2.05) is 0 Å². The standard InChI is InChI=1S/C3H2F3N3O3S2.Na/c4-3(5,6)1-7-8-2(13-1)9-14(10,11)12;/h(H,8,9)(H,10,11,12);/q;+1/p-1. The van der Waals surface area contributed by atoms with Gasteiger partial charge in [0, 0.05) is 0 Å². The monoisotopic (exact) mass is 271 g/mol. The molecule has 0 fully saturated rings. The van der Waals surface area contributed by atoms with Gasteiger partial charge in [0.1, 0.15) is 0 Å².